The molecule has 1 aliphatic rings. The van der Waals surface area contributed by atoms with Gasteiger partial charge in [0.2, 0.25) is 0 Å². The van der Waals surface area contributed by atoms with Crippen molar-refractivity contribution in [2.24, 2.45) is 5.92 Å². The van der Waals surface area contributed by atoms with E-state index in [1.165, 1.54) is 0 Å². The maximum atomic E-state index is 4.32. The van der Waals surface area contributed by atoms with Crippen LogP contribution in [0.3, 0.4) is 0 Å². The Morgan fingerprint density at radius 1 is 1.56 bits per heavy atom. The lowest BCUT2D eigenvalue weighted by molar-refractivity contribution is 0.338. The first-order valence-electron chi connectivity index (χ1n) is 3.67. The highest BCUT2D eigenvalue weighted by Crippen LogP contribution is 2.01. The van der Waals surface area contributed by atoms with Crippen LogP contribution >= 0.6 is 0 Å². The molecule has 0 spiro atoms. The molecule has 2 heteroatoms. The molecule has 1 rings (SSSR count). The number of piperazine rings is 1. The van der Waals surface area contributed by atoms with E-state index in [0.29, 0.717) is 6.04 Å². The monoisotopic (exact) mass is 127 g/mol. The quantitative estimate of drug-likeness (QED) is 0.535. The predicted octanol–water partition coefficient (Wildman–Crippen LogP) is 0.219. The summed E-state index contributed by atoms with van der Waals surface area (Å²) in [6.45, 7) is 7.56. The zero-order chi connectivity index (χ0) is 6.69. The second-order valence-electron chi connectivity index (χ2n) is 2.93. The largest absolute Gasteiger partial charge is 0.311 e. The van der Waals surface area contributed by atoms with Crippen molar-refractivity contribution in [2.45, 2.75) is 19.9 Å². The van der Waals surface area contributed by atoms with Gasteiger partial charge >= 0.3 is 0 Å². The van der Waals surface area contributed by atoms with Crippen molar-refractivity contribution in [3.05, 3.63) is 0 Å². The van der Waals surface area contributed by atoms with Crippen LogP contribution in [0.4, 0.5) is 0 Å². The van der Waals surface area contributed by atoms with Crippen molar-refractivity contribution in [3.8, 4) is 0 Å². The average molecular weight is 127 g/mol. The fourth-order valence-electron chi connectivity index (χ4n) is 1.07. The SMILES string of the molecule is CC(C)[C@H]1C[N]CCN1. The Balaban J connectivity index is 2.23. The topological polar surface area (TPSA) is 26.1 Å². The first-order valence-corrected chi connectivity index (χ1v) is 3.67. The molecule has 0 amide bonds. The van der Waals surface area contributed by atoms with E-state index in [-0.39, 0.29) is 0 Å². The second-order valence-corrected chi connectivity index (χ2v) is 2.93. The Morgan fingerprint density at radius 2 is 2.33 bits per heavy atom. The van der Waals surface area contributed by atoms with Crippen LogP contribution in [0.2, 0.25) is 0 Å². The van der Waals surface area contributed by atoms with E-state index in [4.69, 9.17) is 0 Å². The van der Waals surface area contributed by atoms with Gasteiger partial charge in [0.05, 0.1) is 0 Å². The Kier molecular flexibility index (Phi) is 2.49. The minimum absolute atomic E-state index is 0.638. The van der Waals surface area contributed by atoms with Gasteiger partial charge in [-0.15, -0.1) is 0 Å². The highest BCUT2D eigenvalue weighted by Gasteiger charge is 2.15. The summed E-state index contributed by atoms with van der Waals surface area (Å²) < 4.78 is 0. The molecule has 1 saturated heterocycles. The molecule has 1 heterocycles. The predicted molar refractivity (Wildman–Crippen MR) is 38.5 cm³/mol. The summed E-state index contributed by atoms with van der Waals surface area (Å²) in [4.78, 5) is 0. The van der Waals surface area contributed by atoms with Gasteiger partial charge < -0.3 is 5.32 Å². The number of rotatable bonds is 1. The first-order chi connectivity index (χ1) is 4.30. The molecule has 53 valence electrons. The molecule has 0 aromatic heterocycles. The molecule has 1 radical (unpaired) electrons. The lowest BCUT2D eigenvalue weighted by Gasteiger charge is -2.26. The lowest BCUT2D eigenvalue weighted by atomic mass is 10.0. The van der Waals surface area contributed by atoms with E-state index < -0.39 is 0 Å². The van der Waals surface area contributed by atoms with Crippen molar-refractivity contribution < 1.29 is 0 Å². The first kappa shape index (κ1) is 7.03. The van der Waals surface area contributed by atoms with Crippen molar-refractivity contribution in [1.29, 1.82) is 0 Å². The van der Waals surface area contributed by atoms with Gasteiger partial charge in [-0.1, -0.05) is 13.8 Å². The third kappa shape index (κ3) is 1.95. The molecule has 0 aromatic rings. The van der Waals surface area contributed by atoms with E-state index in [1.807, 2.05) is 0 Å². The van der Waals surface area contributed by atoms with Crippen LogP contribution in [0.15, 0.2) is 0 Å². The van der Waals surface area contributed by atoms with E-state index in [2.05, 4.69) is 24.5 Å². The molecule has 0 aromatic carbocycles. The molecule has 1 fully saturated rings. The Labute approximate surface area is 57.0 Å². The van der Waals surface area contributed by atoms with Crippen LogP contribution in [0.1, 0.15) is 13.8 Å². The second kappa shape index (κ2) is 3.18. The van der Waals surface area contributed by atoms with Gasteiger partial charge in [0.25, 0.3) is 0 Å². The van der Waals surface area contributed by atoms with Crippen molar-refractivity contribution in [2.75, 3.05) is 19.6 Å². The molecule has 1 N–H and O–H groups in total. The minimum atomic E-state index is 0.638. The van der Waals surface area contributed by atoms with Crippen LogP contribution in [-0.2, 0) is 0 Å². The van der Waals surface area contributed by atoms with Crippen LogP contribution in [0.5, 0.6) is 0 Å². The van der Waals surface area contributed by atoms with Gasteiger partial charge in [0, 0.05) is 25.7 Å². The summed E-state index contributed by atoms with van der Waals surface area (Å²) in [7, 11) is 0. The van der Waals surface area contributed by atoms with E-state index in [1.54, 1.807) is 0 Å². The maximum absolute atomic E-state index is 4.32. The molecular formula is C7H15N2. The van der Waals surface area contributed by atoms with Crippen LogP contribution < -0.4 is 10.6 Å². The van der Waals surface area contributed by atoms with E-state index in [9.17, 15) is 0 Å². The number of nitrogens with one attached hydrogen (secondary N) is 1. The maximum Gasteiger partial charge on any atom is 0.0290 e. The Morgan fingerprint density at radius 3 is 2.67 bits per heavy atom. The molecule has 0 unspecified atom stereocenters. The fraction of sp³-hybridized carbons (Fsp3) is 1.00. The minimum Gasteiger partial charge on any atom is -0.311 e. The highest BCUT2D eigenvalue weighted by atomic mass is 15.1. The molecule has 0 aliphatic carbocycles. The van der Waals surface area contributed by atoms with Gasteiger partial charge in [-0.05, 0) is 5.92 Å². The summed E-state index contributed by atoms with van der Waals surface area (Å²) in [6.07, 6.45) is 0. The zero-order valence-corrected chi connectivity index (χ0v) is 6.22. The normalized spacial score (nSPS) is 29.0. The summed E-state index contributed by atoms with van der Waals surface area (Å²) in [6, 6.07) is 0.638. The Hall–Kier alpha value is -0.0800. The summed E-state index contributed by atoms with van der Waals surface area (Å²) >= 11 is 0. The summed E-state index contributed by atoms with van der Waals surface area (Å²) in [5.74, 6) is 0.731. The zero-order valence-electron chi connectivity index (χ0n) is 6.22. The molecular weight excluding hydrogens is 112 g/mol. The Bertz CT molecular complexity index is 75.0. The summed E-state index contributed by atoms with van der Waals surface area (Å²) in [5.41, 5.74) is 0. The van der Waals surface area contributed by atoms with E-state index >= 15 is 0 Å². The van der Waals surface area contributed by atoms with Gasteiger partial charge in [0.1, 0.15) is 0 Å². The van der Waals surface area contributed by atoms with Crippen LogP contribution in [0.25, 0.3) is 0 Å². The van der Waals surface area contributed by atoms with Crippen LogP contribution in [-0.4, -0.2) is 25.7 Å². The number of hydrogen-bond acceptors (Lipinski definition) is 1. The van der Waals surface area contributed by atoms with Crippen molar-refractivity contribution in [1.82, 2.24) is 10.6 Å². The van der Waals surface area contributed by atoms with Gasteiger partial charge in [-0.3, -0.25) is 0 Å². The van der Waals surface area contributed by atoms with Gasteiger partial charge in [-0.2, -0.15) is 0 Å². The lowest BCUT2D eigenvalue weighted by Crippen LogP contribution is -2.47. The highest BCUT2D eigenvalue weighted by molar-refractivity contribution is 4.77. The molecule has 1 atom stereocenters. The van der Waals surface area contributed by atoms with Crippen LogP contribution in [0, 0.1) is 5.92 Å². The number of nitrogens with zero attached hydrogens (tertiary/aromatic N) is 1. The van der Waals surface area contributed by atoms with Gasteiger partial charge in [-0.25, -0.2) is 5.32 Å². The average Bonchev–Trinajstić information content (AvgIpc) is 1.90. The fourth-order valence-corrected chi connectivity index (χ4v) is 1.07. The molecule has 2 nitrogen and oxygen atoms in total. The van der Waals surface area contributed by atoms with Gasteiger partial charge in [0.15, 0.2) is 0 Å². The van der Waals surface area contributed by atoms with Crippen molar-refractivity contribution in [3.63, 3.8) is 0 Å². The smallest absolute Gasteiger partial charge is 0.0290 e. The summed E-state index contributed by atoms with van der Waals surface area (Å²) in [5, 5.41) is 7.74. The third-order valence-electron chi connectivity index (χ3n) is 1.81. The van der Waals surface area contributed by atoms with E-state index in [0.717, 1.165) is 25.6 Å². The molecule has 9 heavy (non-hydrogen) atoms. The number of hydrogen-bond donors (Lipinski definition) is 1. The standard InChI is InChI=1S/C7H15N2/c1-6(2)7-5-8-3-4-9-7/h6-7,9H,3-5H2,1-2H3/t7-/m1/s1. The third-order valence-corrected chi connectivity index (χ3v) is 1.81. The molecule has 0 bridgehead atoms. The van der Waals surface area contributed by atoms with Crippen molar-refractivity contribution >= 4 is 0 Å². The molecule has 1 aliphatic heterocycles. The molecule has 0 saturated carbocycles.